The molecule has 12 heteroatoms. The highest BCUT2D eigenvalue weighted by Gasteiger charge is 2.31. The number of alkyl halides is 2. The van der Waals surface area contributed by atoms with Crippen LogP contribution >= 0.6 is 11.3 Å². The summed E-state index contributed by atoms with van der Waals surface area (Å²) < 4.78 is 30.0. The van der Waals surface area contributed by atoms with Crippen LogP contribution in [0.4, 0.5) is 14.6 Å². The molecule has 4 rings (SSSR count). The Bertz CT molecular complexity index is 1320. The Kier molecular flexibility index (Phi) is 4.80. The first-order chi connectivity index (χ1) is 14.1. The molecule has 0 saturated carbocycles. The molecule has 1 amide bonds. The fraction of sp³-hybridized carbons (Fsp3) is 0.333. The third kappa shape index (κ3) is 3.65. The average molecular weight is 433 g/mol. The van der Waals surface area contributed by atoms with Gasteiger partial charge in [0.05, 0.1) is 5.69 Å². The van der Waals surface area contributed by atoms with Crippen molar-refractivity contribution in [1.29, 1.82) is 0 Å². The normalized spacial score (nSPS) is 12.2. The van der Waals surface area contributed by atoms with E-state index in [-0.39, 0.29) is 22.0 Å². The maximum atomic E-state index is 13.7. The molecule has 0 bridgehead atoms. The lowest BCUT2D eigenvalue weighted by Crippen LogP contribution is -2.30. The number of amides is 1. The van der Waals surface area contributed by atoms with E-state index in [1.54, 1.807) is 24.5 Å². The van der Waals surface area contributed by atoms with E-state index in [0.29, 0.717) is 22.7 Å². The van der Waals surface area contributed by atoms with Crippen LogP contribution in [-0.4, -0.2) is 35.3 Å². The number of rotatable bonds is 5. The van der Waals surface area contributed by atoms with Gasteiger partial charge in [0.15, 0.2) is 16.5 Å². The fourth-order valence-corrected chi connectivity index (χ4v) is 3.81. The Morgan fingerprint density at radius 1 is 1.30 bits per heavy atom. The zero-order chi connectivity index (χ0) is 21.6. The van der Waals surface area contributed by atoms with Gasteiger partial charge >= 0.3 is 0 Å². The number of thiazole rings is 1. The minimum absolute atomic E-state index is 0.0518. The molecule has 0 fully saturated rings. The first kappa shape index (κ1) is 20.0. The van der Waals surface area contributed by atoms with Gasteiger partial charge in [0, 0.05) is 19.3 Å². The number of hydrogen-bond donors (Lipinski definition) is 1. The van der Waals surface area contributed by atoms with Gasteiger partial charge in [-0.15, -0.1) is 16.4 Å². The first-order valence-corrected chi connectivity index (χ1v) is 9.85. The van der Waals surface area contributed by atoms with Crippen LogP contribution in [0.5, 0.6) is 0 Å². The van der Waals surface area contributed by atoms with Crippen LogP contribution in [0.3, 0.4) is 0 Å². The van der Waals surface area contributed by atoms with Crippen molar-refractivity contribution in [3.63, 3.8) is 0 Å². The summed E-state index contributed by atoms with van der Waals surface area (Å²) in [5.41, 5.74) is 0.504. The molecule has 156 valence electrons. The molecule has 0 spiro atoms. The summed E-state index contributed by atoms with van der Waals surface area (Å²) in [7, 11) is 0. The van der Waals surface area contributed by atoms with Gasteiger partial charge in [-0.05, 0) is 18.1 Å². The van der Waals surface area contributed by atoms with Crippen molar-refractivity contribution >= 4 is 38.9 Å². The number of aromatic nitrogens is 6. The zero-order valence-electron chi connectivity index (χ0n) is 16.3. The predicted octanol–water partition coefficient (Wildman–Crippen LogP) is 2.77. The summed E-state index contributed by atoms with van der Waals surface area (Å²) >= 11 is 0.621. The minimum atomic E-state index is -3.18. The average Bonchev–Trinajstić information content (AvgIpc) is 3.30. The maximum Gasteiger partial charge on any atom is 0.296 e. The van der Waals surface area contributed by atoms with Crippen molar-refractivity contribution in [3.8, 4) is 0 Å². The smallest absolute Gasteiger partial charge is 0.296 e. The molecule has 0 radical (unpaired) electrons. The topological polar surface area (TPSA) is 107 Å². The van der Waals surface area contributed by atoms with E-state index >= 15 is 0 Å². The fourth-order valence-electron chi connectivity index (χ4n) is 2.86. The molecule has 9 nitrogen and oxygen atoms in total. The molecule has 0 aliphatic heterocycles. The van der Waals surface area contributed by atoms with Gasteiger partial charge < -0.3 is 5.32 Å². The minimum Gasteiger partial charge on any atom is -0.308 e. The van der Waals surface area contributed by atoms with Gasteiger partial charge in [0.2, 0.25) is 5.91 Å². The molecule has 0 aromatic carbocycles. The van der Waals surface area contributed by atoms with E-state index in [1.807, 2.05) is 13.8 Å². The Hall–Kier alpha value is -3.28. The summed E-state index contributed by atoms with van der Waals surface area (Å²) in [5.74, 6) is -3.62. The Morgan fingerprint density at radius 2 is 2.07 bits per heavy atom. The van der Waals surface area contributed by atoms with E-state index in [2.05, 4.69) is 25.5 Å². The lowest BCUT2D eigenvalue weighted by atomic mass is 10.1. The Morgan fingerprint density at radius 3 is 2.77 bits per heavy atom. The molecule has 0 aliphatic rings. The quantitative estimate of drug-likeness (QED) is 0.519. The number of fused-ring (bicyclic) bond motifs is 2. The summed E-state index contributed by atoms with van der Waals surface area (Å²) in [6.07, 6.45) is 3.20. The van der Waals surface area contributed by atoms with E-state index in [4.69, 9.17) is 0 Å². The molecule has 0 saturated heterocycles. The highest BCUT2D eigenvalue weighted by Crippen LogP contribution is 2.34. The molecule has 0 unspecified atom stereocenters. The number of imidazole rings is 1. The lowest BCUT2D eigenvalue weighted by Gasteiger charge is -2.10. The van der Waals surface area contributed by atoms with Crippen molar-refractivity contribution in [2.75, 3.05) is 5.32 Å². The SMILES string of the molecule is CC(C)c1nn(CC(=O)Nc2ccc3nccn3n2)c(=O)c2sc(C(C)(F)F)nc12. The van der Waals surface area contributed by atoms with Crippen LogP contribution in [-0.2, 0) is 17.3 Å². The van der Waals surface area contributed by atoms with Crippen molar-refractivity contribution in [2.45, 2.75) is 39.2 Å². The van der Waals surface area contributed by atoms with Crippen LogP contribution in [0.15, 0.2) is 29.3 Å². The number of halogens is 2. The monoisotopic (exact) mass is 433 g/mol. The van der Waals surface area contributed by atoms with Gasteiger partial charge in [-0.2, -0.15) is 13.9 Å². The maximum absolute atomic E-state index is 13.7. The lowest BCUT2D eigenvalue weighted by molar-refractivity contribution is -0.117. The Balaban J connectivity index is 1.68. The van der Waals surface area contributed by atoms with E-state index in [9.17, 15) is 18.4 Å². The van der Waals surface area contributed by atoms with Crippen molar-refractivity contribution in [1.82, 2.24) is 29.4 Å². The van der Waals surface area contributed by atoms with Crippen LogP contribution in [0.25, 0.3) is 15.9 Å². The number of carbonyl (C=O) groups is 1. The number of anilines is 1. The predicted molar refractivity (Wildman–Crippen MR) is 107 cm³/mol. The van der Waals surface area contributed by atoms with Crippen LogP contribution in [0.1, 0.15) is 37.4 Å². The molecule has 1 N–H and O–H groups in total. The van der Waals surface area contributed by atoms with Crippen molar-refractivity contribution in [3.05, 3.63) is 45.6 Å². The molecule has 4 aromatic heterocycles. The molecule has 30 heavy (non-hydrogen) atoms. The van der Waals surface area contributed by atoms with E-state index in [0.717, 1.165) is 11.6 Å². The second kappa shape index (κ2) is 7.20. The van der Waals surface area contributed by atoms with E-state index in [1.165, 1.54) is 4.52 Å². The van der Waals surface area contributed by atoms with Crippen molar-refractivity contribution in [2.24, 2.45) is 0 Å². The molecular formula is C18H17F2N7O2S. The largest absolute Gasteiger partial charge is 0.308 e. The highest BCUT2D eigenvalue weighted by atomic mass is 32.1. The Labute approximate surface area is 172 Å². The molecule has 0 aliphatic carbocycles. The molecule has 0 atom stereocenters. The number of carbonyl (C=O) groups excluding carboxylic acids is 1. The van der Waals surface area contributed by atoms with Gasteiger partial charge in [0.1, 0.15) is 16.8 Å². The van der Waals surface area contributed by atoms with Gasteiger partial charge in [-0.1, -0.05) is 13.8 Å². The van der Waals surface area contributed by atoms with Crippen LogP contribution in [0.2, 0.25) is 0 Å². The second-order valence-electron chi connectivity index (χ2n) is 7.08. The summed E-state index contributed by atoms with van der Waals surface area (Å²) in [4.78, 5) is 33.3. The van der Waals surface area contributed by atoms with Gasteiger partial charge in [-0.3, -0.25) is 9.59 Å². The van der Waals surface area contributed by atoms with Crippen LogP contribution < -0.4 is 10.9 Å². The standard InChI is InChI=1S/C18H17F2N7O2S/c1-9(2)13-14-15(30-17(23-14)18(3,19)20)16(29)27(25-13)8-12(28)22-10-4-5-11-21-6-7-26(11)24-10/h4-7,9H,8H2,1-3H3,(H,22,24,28). The third-order valence-electron chi connectivity index (χ3n) is 4.27. The van der Waals surface area contributed by atoms with Gasteiger partial charge in [0.25, 0.3) is 11.5 Å². The van der Waals surface area contributed by atoms with E-state index < -0.39 is 28.9 Å². The first-order valence-electron chi connectivity index (χ1n) is 9.03. The van der Waals surface area contributed by atoms with Gasteiger partial charge in [-0.25, -0.2) is 19.2 Å². The third-order valence-corrected chi connectivity index (χ3v) is 5.48. The van der Waals surface area contributed by atoms with Crippen LogP contribution in [0, 0.1) is 0 Å². The second-order valence-corrected chi connectivity index (χ2v) is 8.08. The number of nitrogens with zero attached hydrogens (tertiary/aromatic N) is 6. The number of hydrogen-bond acceptors (Lipinski definition) is 7. The molecular weight excluding hydrogens is 416 g/mol. The summed E-state index contributed by atoms with van der Waals surface area (Å²) in [6.45, 7) is 3.95. The molecule has 4 heterocycles. The van der Waals surface area contributed by atoms with Crippen molar-refractivity contribution < 1.29 is 13.6 Å². The summed E-state index contributed by atoms with van der Waals surface area (Å²) in [6, 6.07) is 3.26. The summed E-state index contributed by atoms with van der Waals surface area (Å²) in [5, 5.41) is 10.5. The zero-order valence-corrected chi connectivity index (χ0v) is 17.1. The molecule has 4 aromatic rings. The number of nitrogens with one attached hydrogen (secondary N) is 1. The highest BCUT2D eigenvalue weighted by molar-refractivity contribution is 7.18.